The van der Waals surface area contributed by atoms with E-state index in [0.717, 1.165) is 51.4 Å². The minimum atomic E-state index is 0.366. The first-order valence-electron chi connectivity index (χ1n) is 7.24. The van der Waals surface area contributed by atoms with E-state index in [-0.39, 0.29) is 0 Å². The summed E-state index contributed by atoms with van der Waals surface area (Å²) in [7, 11) is 0. The van der Waals surface area contributed by atoms with Gasteiger partial charge in [-0.25, -0.2) is 0 Å². The first-order valence-corrected chi connectivity index (χ1v) is 7.24. The molecule has 0 aliphatic carbocycles. The maximum atomic E-state index is 11.4. The zero-order valence-corrected chi connectivity index (χ0v) is 11.6. The zero-order valence-electron chi connectivity index (χ0n) is 11.6. The summed E-state index contributed by atoms with van der Waals surface area (Å²) in [5.41, 5.74) is 0. The number of carbonyl (C=O) groups excluding carboxylic acids is 2. The van der Waals surface area contributed by atoms with Crippen LogP contribution in [0.4, 0.5) is 0 Å². The smallest absolute Gasteiger partial charge is 0.132 e. The highest BCUT2D eigenvalue weighted by molar-refractivity contribution is 5.79. The van der Waals surface area contributed by atoms with Gasteiger partial charge in [-0.3, -0.25) is 9.59 Å². The molecule has 0 aromatic carbocycles. The summed E-state index contributed by atoms with van der Waals surface area (Å²) in [5, 5.41) is 0. The van der Waals surface area contributed by atoms with E-state index in [1.807, 2.05) is 0 Å². The number of hydrogen-bond donors (Lipinski definition) is 0. The average molecular weight is 240 g/mol. The number of hydrogen-bond acceptors (Lipinski definition) is 2. The Morgan fingerprint density at radius 3 is 1.35 bits per heavy atom. The lowest BCUT2D eigenvalue weighted by Crippen LogP contribution is -2.00. The van der Waals surface area contributed by atoms with E-state index in [0.29, 0.717) is 24.4 Å². The monoisotopic (exact) mass is 240 g/mol. The Hall–Kier alpha value is -0.660. The van der Waals surface area contributed by atoms with E-state index < -0.39 is 0 Å². The van der Waals surface area contributed by atoms with Gasteiger partial charge in [0.2, 0.25) is 0 Å². The number of Topliss-reactive ketones (excluding diaryl/α,β-unsaturated/α-hetero) is 2. The average Bonchev–Trinajstić information content (AvgIpc) is 2.32. The SMILES string of the molecule is CCCCCC(=O)CCCCC(=O)CCCC. The molecule has 100 valence electrons. The van der Waals surface area contributed by atoms with E-state index >= 15 is 0 Å². The first-order chi connectivity index (χ1) is 8.20. The summed E-state index contributed by atoms with van der Waals surface area (Å²) in [5.74, 6) is 0.740. The molecule has 0 aliphatic heterocycles. The van der Waals surface area contributed by atoms with Crippen LogP contribution in [0, 0.1) is 0 Å². The molecule has 0 aromatic heterocycles. The van der Waals surface area contributed by atoms with Crippen LogP contribution < -0.4 is 0 Å². The number of carbonyl (C=O) groups is 2. The van der Waals surface area contributed by atoms with Crippen molar-refractivity contribution in [2.24, 2.45) is 0 Å². The fraction of sp³-hybridized carbons (Fsp3) is 0.867. The quantitative estimate of drug-likeness (QED) is 0.472. The van der Waals surface area contributed by atoms with Crippen LogP contribution in [0.1, 0.15) is 84.5 Å². The molecule has 0 heterocycles. The summed E-state index contributed by atoms with van der Waals surface area (Å²) in [6, 6.07) is 0. The van der Waals surface area contributed by atoms with Gasteiger partial charge in [-0.15, -0.1) is 0 Å². The minimum Gasteiger partial charge on any atom is -0.300 e. The molecule has 0 saturated carbocycles. The van der Waals surface area contributed by atoms with Gasteiger partial charge in [0.15, 0.2) is 0 Å². The van der Waals surface area contributed by atoms with Crippen LogP contribution >= 0.6 is 0 Å². The molecule has 0 atom stereocenters. The van der Waals surface area contributed by atoms with E-state index in [9.17, 15) is 9.59 Å². The van der Waals surface area contributed by atoms with Gasteiger partial charge in [-0.05, 0) is 25.7 Å². The molecule has 0 radical (unpaired) electrons. The van der Waals surface area contributed by atoms with E-state index in [2.05, 4.69) is 13.8 Å². The second-order valence-corrected chi connectivity index (χ2v) is 4.85. The molecule has 0 fully saturated rings. The second-order valence-electron chi connectivity index (χ2n) is 4.85. The summed E-state index contributed by atoms with van der Waals surface area (Å²) < 4.78 is 0. The van der Waals surface area contributed by atoms with Crippen molar-refractivity contribution in [3.05, 3.63) is 0 Å². The van der Waals surface area contributed by atoms with Gasteiger partial charge in [-0.2, -0.15) is 0 Å². The van der Waals surface area contributed by atoms with Crippen LogP contribution in [0.15, 0.2) is 0 Å². The molecule has 0 amide bonds. The third-order valence-corrected chi connectivity index (χ3v) is 3.03. The lowest BCUT2D eigenvalue weighted by atomic mass is 10.0. The fourth-order valence-electron chi connectivity index (χ4n) is 1.84. The maximum Gasteiger partial charge on any atom is 0.132 e. The highest BCUT2D eigenvalue weighted by atomic mass is 16.1. The lowest BCUT2D eigenvalue weighted by molar-refractivity contribution is -0.121. The van der Waals surface area contributed by atoms with Crippen molar-refractivity contribution >= 4 is 11.6 Å². The molecule has 0 bridgehead atoms. The Morgan fingerprint density at radius 1 is 0.588 bits per heavy atom. The Kier molecular flexibility index (Phi) is 11.4. The Balaban J connectivity index is 3.32. The van der Waals surface area contributed by atoms with Crippen LogP contribution in [0.2, 0.25) is 0 Å². The Labute approximate surface area is 106 Å². The molecular formula is C15H28O2. The van der Waals surface area contributed by atoms with E-state index in [1.54, 1.807) is 0 Å². The summed E-state index contributed by atoms with van der Waals surface area (Å²) in [6.45, 7) is 4.24. The van der Waals surface area contributed by atoms with E-state index in [1.165, 1.54) is 6.42 Å². The highest BCUT2D eigenvalue weighted by Crippen LogP contribution is 2.08. The van der Waals surface area contributed by atoms with Crippen LogP contribution in [-0.2, 0) is 9.59 Å². The highest BCUT2D eigenvalue weighted by Gasteiger charge is 2.04. The molecule has 17 heavy (non-hydrogen) atoms. The maximum absolute atomic E-state index is 11.4. The van der Waals surface area contributed by atoms with Crippen molar-refractivity contribution in [2.75, 3.05) is 0 Å². The Morgan fingerprint density at radius 2 is 0.941 bits per heavy atom. The molecule has 2 nitrogen and oxygen atoms in total. The molecule has 0 saturated heterocycles. The van der Waals surface area contributed by atoms with Crippen molar-refractivity contribution in [1.29, 1.82) is 0 Å². The predicted molar refractivity (Wildman–Crippen MR) is 72.1 cm³/mol. The topological polar surface area (TPSA) is 34.1 Å². The van der Waals surface area contributed by atoms with Crippen molar-refractivity contribution in [1.82, 2.24) is 0 Å². The number of ketones is 2. The van der Waals surface area contributed by atoms with Crippen LogP contribution in [0.5, 0.6) is 0 Å². The fourth-order valence-corrected chi connectivity index (χ4v) is 1.84. The second kappa shape index (κ2) is 11.8. The van der Waals surface area contributed by atoms with Gasteiger partial charge in [0.25, 0.3) is 0 Å². The molecule has 0 N–H and O–H groups in total. The minimum absolute atomic E-state index is 0.366. The first kappa shape index (κ1) is 16.3. The molecular weight excluding hydrogens is 212 g/mol. The third kappa shape index (κ3) is 11.6. The predicted octanol–water partition coefficient (Wildman–Crippen LogP) is 4.46. The van der Waals surface area contributed by atoms with Crippen molar-refractivity contribution < 1.29 is 9.59 Å². The van der Waals surface area contributed by atoms with Crippen LogP contribution in [0.3, 0.4) is 0 Å². The molecule has 0 aromatic rings. The standard InChI is InChI=1S/C15H28O2/c1-3-5-7-11-15(17)13-9-8-12-14(16)10-6-4-2/h3-13H2,1-2H3. The van der Waals surface area contributed by atoms with Gasteiger partial charge >= 0.3 is 0 Å². The number of rotatable bonds is 12. The lowest BCUT2D eigenvalue weighted by Gasteiger charge is -2.01. The zero-order chi connectivity index (χ0) is 12.9. The molecule has 2 heteroatoms. The summed E-state index contributed by atoms with van der Waals surface area (Å²) >= 11 is 0. The largest absolute Gasteiger partial charge is 0.300 e. The van der Waals surface area contributed by atoms with Crippen molar-refractivity contribution in [3.63, 3.8) is 0 Å². The summed E-state index contributed by atoms with van der Waals surface area (Å²) in [6.07, 6.45) is 10.0. The van der Waals surface area contributed by atoms with Gasteiger partial charge in [-0.1, -0.05) is 33.1 Å². The van der Waals surface area contributed by atoms with E-state index in [4.69, 9.17) is 0 Å². The molecule has 0 aliphatic rings. The van der Waals surface area contributed by atoms with Gasteiger partial charge in [0.05, 0.1) is 0 Å². The van der Waals surface area contributed by atoms with Gasteiger partial charge < -0.3 is 0 Å². The number of unbranched alkanes of at least 4 members (excludes halogenated alkanes) is 4. The van der Waals surface area contributed by atoms with Gasteiger partial charge in [0, 0.05) is 25.7 Å². The van der Waals surface area contributed by atoms with Crippen LogP contribution in [-0.4, -0.2) is 11.6 Å². The summed E-state index contributed by atoms with van der Waals surface area (Å²) in [4.78, 5) is 22.8. The molecule has 0 unspecified atom stereocenters. The normalized spacial score (nSPS) is 10.5. The Bertz CT molecular complexity index is 209. The van der Waals surface area contributed by atoms with Gasteiger partial charge in [0.1, 0.15) is 11.6 Å². The van der Waals surface area contributed by atoms with Crippen molar-refractivity contribution in [3.8, 4) is 0 Å². The third-order valence-electron chi connectivity index (χ3n) is 3.03. The van der Waals surface area contributed by atoms with Crippen molar-refractivity contribution in [2.45, 2.75) is 84.5 Å². The molecule has 0 spiro atoms. The molecule has 0 rings (SSSR count). The van der Waals surface area contributed by atoms with Crippen LogP contribution in [0.25, 0.3) is 0 Å².